The molecule has 1 heterocycles. The third-order valence-electron chi connectivity index (χ3n) is 2.97. The molecule has 1 aromatic carbocycles. The number of aryl methyl sites for hydroxylation is 1. The number of halogens is 1. The average molecular weight is 276 g/mol. The van der Waals surface area contributed by atoms with E-state index >= 15 is 0 Å². The Hall–Kier alpha value is -2.07. The molecule has 5 heteroatoms. The number of nitrogen functional groups attached to an aromatic ring is 1. The number of nitrogens with zero attached hydrogens (tertiary/aromatic N) is 1. The number of hydrogen-bond donors (Lipinski definition) is 2. The van der Waals surface area contributed by atoms with Gasteiger partial charge in [0.15, 0.2) is 5.15 Å². The molecule has 0 unspecified atom stereocenters. The summed E-state index contributed by atoms with van der Waals surface area (Å²) < 4.78 is 0. The van der Waals surface area contributed by atoms with Gasteiger partial charge < -0.3 is 11.1 Å². The molecule has 4 nitrogen and oxygen atoms in total. The first-order chi connectivity index (χ1) is 9.00. The van der Waals surface area contributed by atoms with Crippen LogP contribution in [0.5, 0.6) is 0 Å². The van der Waals surface area contributed by atoms with Crippen LogP contribution in [0.4, 0.5) is 11.4 Å². The van der Waals surface area contributed by atoms with Crippen LogP contribution in [0, 0.1) is 13.8 Å². The molecule has 0 atom stereocenters. The lowest BCUT2D eigenvalue weighted by atomic mass is 10.1. The van der Waals surface area contributed by atoms with Crippen LogP contribution in [0.2, 0.25) is 5.15 Å². The van der Waals surface area contributed by atoms with Gasteiger partial charge in [0.05, 0.1) is 5.69 Å². The van der Waals surface area contributed by atoms with E-state index in [4.69, 9.17) is 17.3 Å². The van der Waals surface area contributed by atoms with Crippen LogP contribution < -0.4 is 11.1 Å². The summed E-state index contributed by atoms with van der Waals surface area (Å²) in [6, 6.07) is 7.01. The first kappa shape index (κ1) is 13.4. The molecule has 0 radical (unpaired) electrons. The summed E-state index contributed by atoms with van der Waals surface area (Å²) in [6.45, 7) is 3.66. The number of nitrogens with one attached hydrogen (secondary N) is 1. The van der Waals surface area contributed by atoms with Gasteiger partial charge in [-0.3, -0.25) is 4.79 Å². The zero-order chi connectivity index (χ0) is 14.0. The second-order valence-electron chi connectivity index (χ2n) is 4.27. The molecule has 1 aromatic heterocycles. The minimum absolute atomic E-state index is 0.247. The third-order valence-corrected chi connectivity index (χ3v) is 3.26. The maximum atomic E-state index is 12.2. The zero-order valence-electron chi connectivity index (χ0n) is 10.7. The van der Waals surface area contributed by atoms with Crippen molar-refractivity contribution in [2.24, 2.45) is 0 Å². The molecule has 0 aliphatic heterocycles. The number of amides is 1. The maximum absolute atomic E-state index is 12.2. The van der Waals surface area contributed by atoms with E-state index in [1.165, 1.54) is 0 Å². The van der Waals surface area contributed by atoms with Gasteiger partial charge in [0.2, 0.25) is 0 Å². The molecule has 98 valence electrons. The van der Waals surface area contributed by atoms with Crippen molar-refractivity contribution in [3.8, 4) is 0 Å². The van der Waals surface area contributed by atoms with Crippen LogP contribution in [-0.2, 0) is 0 Å². The topological polar surface area (TPSA) is 68.0 Å². The van der Waals surface area contributed by atoms with E-state index in [-0.39, 0.29) is 11.1 Å². The number of pyridine rings is 1. The predicted octanol–water partition coefficient (Wildman–Crippen LogP) is 3.19. The van der Waals surface area contributed by atoms with Crippen molar-refractivity contribution in [3.63, 3.8) is 0 Å². The fourth-order valence-corrected chi connectivity index (χ4v) is 2.01. The molecule has 0 aliphatic carbocycles. The highest BCUT2D eigenvalue weighted by Gasteiger charge is 2.14. The summed E-state index contributed by atoms with van der Waals surface area (Å²) >= 11 is 5.98. The lowest BCUT2D eigenvalue weighted by molar-refractivity contribution is 0.102. The summed E-state index contributed by atoms with van der Waals surface area (Å²) in [6.07, 6.45) is 1.60. The van der Waals surface area contributed by atoms with E-state index in [2.05, 4.69) is 10.3 Å². The lowest BCUT2D eigenvalue weighted by Crippen LogP contribution is -2.15. The third kappa shape index (κ3) is 2.69. The molecule has 2 aromatic rings. The largest absolute Gasteiger partial charge is 0.398 e. The van der Waals surface area contributed by atoms with Crippen LogP contribution in [0.1, 0.15) is 21.5 Å². The smallest absolute Gasteiger partial charge is 0.256 e. The summed E-state index contributed by atoms with van der Waals surface area (Å²) in [4.78, 5) is 16.2. The number of carbonyl (C=O) groups excluding carboxylic acids is 1. The van der Waals surface area contributed by atoms with Gasteiger partial charge in [-0.2, -0.15) is 0 Å². The predicted molar refractivity (Wildman–Crippen MR) is 77.5 cm³/mol. The van der Waals surface area contributed by atoms with Crippen molar-refractivity contribution in [2.75, 3.05) is 11.1 Å². The summed E-state index contributed by atoms with van der Waals surface area (Å²) in [5.41, 5.74) is 9.03. The highest BCUT2D eigenvalue weighted by atomic mass is 35.5. The quantitative estimate of drug-likeness (QED) is 0.653. The van der Waals surface area contributed by atoms with Gasteiger partial charge in [0.25, 0.3) is 5.91 Å². The Bertz CT molecular complexity index is 620. The number of benzene rings is 1. The second-order valence-corrected chi connectivity index (χ2v) is 4.63. The lowest BCUT2D eigenvalue weighted by Gasteiger charge is -2.11. The normalized spacial score (nSPS) is 10.3. The minimum Gasteiger partial charge on any atom is -0.398 e. The Morgan fingerprint density at radius 2 is 2.05 bits per heavy atom. The van der Waals surface area contributed by atoms with E-state index in [1.54, 1.807) is 30.5 Å². The molecule has 2 rings (SSSR count). The molecule has 1 amide bonds. The Kier molecular flexibility index (Phi) is 3.71. The van der Waals surface area contributed by atoms with Crippen LogP contribution >= 0.6 is 11.6 Å². The maximum Gasteiger partial charge on any atom is 0.256 e. The fraction of sp³-hybridized carbons (Fsp3) is 0.143. The average Bonchev–Trinajstić information content (AvgIpc) is 2.37. The van der Waals surface area contributed by atoms with Gasteiger partial charge in [-0.15, -0.1) is 0 Å². The first-order valence-electron chi connectivity index (χ1n) is 5.78. The minimum atomic E-state index is -0.247. The number of carbonyl (C=O) groups is 1. The van der Waals surface area contributed by atoms with Crippen molar-refractivity contribution >= 4 is 28.9 Å². The highest BCUT2D eigenvalue weighted by molar-refractivity contribution is 6.32. The number of nitrogens with two attached hydrogens (primary N) is 1. The van der Waals surface area contributed by atoms with Gasteiger partial charge in [0, 0.05) is 17.4 Å². The molecule has 0 saturated heterocycles. The second kappa shape index (κ2) is 5.28. The molecule has 0 bridgehead atoms. The number of anilines is 2. The summed E-state index contributed by atoms with van der Waals surface area (Å²) in [7, 11) is 0. The summed E-state index contributed by atoms with van der Waals surface area (Å²) in [5.74, 6) is -0.247. The monoisotopic (exact) mass is 275 g/mol. The van der Waals surface area contributed by atoms with E-state index in [0.717, 1.165) is 11.1 Å². The number of rotatable bonds is 2. The van der Waals surface area contributed by atoms with Crippen molar-refractivity contribution in [1.82, 2.24) is 4.98 Å². The van der Waals surface area contributed by atoms with Crippen molar-refractivity contribution in [3.05, 3.63) is 52.3 Å². The Balaban J connectivity index is 2.34. The Labute approximate surface area is 116 Å². The van der Waals surface area contributed by atoms with E-state index < -0.39 is 0 Å². The van der Waals surface area contributed by atoms with Gasteiger partial charge in [-0.05, 0) is 43.2 Å². The van der Waals surface area contributed by atoms with E-state index in [9.17, 15) is 4.79 Å². The summed E-state index contributed by atoms with van der Waals surface area (Å²) in [5, 5.41) is 3.05. The zero-order valence-corrected chi connectivity index (χ0v) is 11.5. The van der Waals surface area contributed by atoms with Crippen LogP contribution in [0.3, 0.4) is 0 Å². The molecular weight excluding hydrogens is 262 g/mol. The molecular formula is C14H14ClN3O. The van der Waals surface area contributed by atoms with Gasteiger partial charge >= 0.3 is 0 Å². The van der Waals surface area contributed by atoms with Gasteiger partial charge in [-0.25, -0.2) is 4.98 Å². The van der Waals surface area contributed by atoms with E-state index in [1.807, 2.05) is 13.8 Å². The molecule has 0 aliphatic rings. The van der Waals surface area contributed by atoms with Crippen LogP contribution in [0.25, 0.3) is 0 Å². The van der Waals surface area contributed by atoms with Crippen LogP contribution in [-0.4, -0.2) is 10.9 Å². The Morgan fingerprint density at radius 3 is 2.74 bits per heavy atom. The molecule has 0 fully saturated rings. The van der Waals surface area contributed by atoms with E-state index in [0.29, 0.717) is 16.9 Å². The molecule has 0 spiro atoms. The molecule has 0 saturated carbocycles. The molecule has 3 N–H and O–H groups in total. The Morgan fingerprint density at radius 1 is 1.32 bits per heavy atom. The van der Waals surface area contributed by atoms with Crippen LogP contribution in [0.15, 0.2) is 30.5 Å². The number of aromatic nitrogens is 1. The van der Waals surface area contributed by atoms with Crippen molar-refractivity contribution in [2.45, 2.75) is 13.8 Å². The number of hydrogen-bond acceptors (Lipinski definition) is 3. The van der Waals surface area contributed by atoms with Gasteiger partial charge in [-0.1, -0.05) is 17.7 Å². The highest BCUT2D eigenvalue weighted by Crippen LogP contribution is 2.24. The van der Waals surface area contributed by atoms with Crippen molar-refractivity contribution in [1.29, 1.82) is 0 Å². The first-order valence-corrected chi connectivity index (χ1v) is 6.16. The van der Waals surface area contributed by atoms with Gasteiger partial charge in [0.1, 0.15) is 0 Å². The van der Waals surface area contributed by atoms with Crippen molar-refractivity contribution < 1.29 is 4.79 Å². The SMILES string of the molecule is Cc1ccnc(Cl)c1NC(=O)c1cccc(N)c1C. The molecule has 19 heavy (non-hydrogen) atoms. The standard InChI is InChI=1S/C14H14ClN3O/c1-8-6-7-17-13(15)12(8)18-14(19)10-4-3-5-11(16)9(10)2/h3-7H,16H2,1-2H3,(H,18,19). The fourth-order valence-electron chi connectivity index (χ4n) is 1.76.